The molecule has 4 heteroatoms. The molecular weight excluding hydrogens is 324 g/mol. The van der Waals surface area contributed by atoms with E-state index < -0.39 is 5.91 Å². The lowest BCUT2D eigenvalue weighted by molar-refractivity contribution is 0.0706. The van der Waals surface area contributed by atoms with Crippen LogP contribution in [0.1, 0.15) is 15.9 Å². The van der Waals surface area contributed by atoms with Gasteiger partial charge in [0.15, 0.2) is 0 Å². The van der Waals surface area contributed by atoms with Crippen molar-refractivity contribution >= 4 is 16.8 Å². The fraction of sp³-hybridized carbons (Fsp3) is 0.0455. The Morgan fingerprint density at radius 1 is 0.885 bits per heavy atom. The summed E-state index contributed by atoms with van der Waals surface area (Å²) in [5.74, 6) is -0.507. The van der Waals surface area contributed by atoms with Crippen LogP contribution >= 0.6 is 0 Å². The van der Waals surface area contributed by atoms with Gasteiger partial charge in [0.05, 0.1) is 0 Å². The zero-order valence-corrected chi connectivity index (χ0v) is 14.1. The third-order valence-corrected chi connectivity index (χ3v) is 4.54. The first-order valence-corrected chi connectivity index (χ1v) is 8.43. The molecule has 4 nitrogen and oxygen atoms in total. The lowest BCUT2D eigenvalue weighted by atomic mass is 10.1. The van der Waals surface area contributed by atoms with Gasteiger partial charge in [-0.05, 0) is 35.4 Å². The van der Waals surface area contributed by atoms with E-state index in [4.69, 9.17) is 5.21 Å². The zero-order valence-electron chi connectivity index (χ0n) is 14.1. The van der Waals surface area contributed by atoms with Crippen LogP contribution in [0.2, 0.25) is 0 Å². The maximum Gasteiger partial charge on any atom is 0.274 e. The standard InChI is InChI=1S/C22H18N2O2/c25-22(23-26)18-12-10-16(11-13-18)15-24-20-9-5-4-8-19(20)14-21(24)17-6-2-1-3-7-17/h1-14,26H,15H2,(H,23,25). The van der Waals surface area contributed by atoms with E-state index in [0.717, 1.165) is 11.3 Å². The first-order valence-electron chi connectivity index (χ1n) is 8.43. The van der Waals surface area contributed by atoms with Gasteiger partial charge in [0, 0.05) is 28.7 Å². The highest BCUT2D eigenvalue weighted by atomic mass is 16.5. The monoisotopic (exact) mass is 342 g/mol. The molecule has 2 N–H and O–H groups in total. The Morgan fingerprint density at radius 2 is 1.58 bits per heavy atom. The van der Waals surface area contributed by atoms with Crippen LogP contribution in [0.15, 0.2) is 84.9 Å². The molecule has 0 atom stereocenters. The molecule has 0 saturated heterocycles. The smallest absolute Gasteiger partial charge is 0.274 e. The van der Waals surface area contributed by atoms with Gasteiger partial charge < -0.3 is 4.57 Å². The SMILES string of the molecule is O=C(NO)c1ccc(Cn2c(-c3ccccc3)cc3ccccc32)cc1. The Balaban J connectivity index is 1.77. The van der Waals surface area contributed by atoms with E-state index in [1.54, 1.807) is 17.6 Å². The van der Waals surface area contributed by atoms with Crippen LogP contribution in [0.25, 0.3) is 22.2 Å². The Labute approximate surface area is 151 Å². The van der Waals surface area contributed by atoms with Crippen molar-refractivity contribution < 1.29 is 10.0 Å². The van der Waals surface area contributed by atoms with Crippen LogP contribution < -0.4 is 5.48 Å². The van der Waals surface area contributed by atoms with Crippen molar-refractivity contribution in [1.29, 1.82) is 0 Å². The van der Waals surface area contributed by atoms with E-state index in [1.165, 1.54) is 16.5 Å². The molecule has 0 aliphatic heterocycles. The van der Waals surface area contributed by atoms with Crippen LogP contribution in [0.4, 0.5) is 0 Å². The second-order valence-corrected chi connectivity index (χ2v) is 6.18. The molecule has 26 heavy (non-hydrogen) atoms. The minimum atomic E-state index is -0.507. The highest BCUT2D eigenvalue weighted by molar-refractivity contribution is 5.93. The number of hydroxylamine groups is 1. The number of para-hydroxylation sites is 1. The summed E-state index contributed by atoms with van der Waals surface area (Å²) >= 11 is 0. The van der Waals surface area contributed by atoms with Gasteiger partial charge in [-0.15, -0.1) is 0 Å². The molecule has 128 valence electrons. The van der Waals surface area contributed by atoms with Crippen molar-refractivity contribution in [3.05, 3.63) is 96.1 Å². The van der Waals surface area contributed by atoms with Gasteiger partial charge in [-0.1, -0.05) is 60.7 Å². The van der Waals surface area contributed by atoms with E-state index in [2.05, 4.69) is 34.9 Å². The number of amides is 1. The number of carbonyl (C=O) groups is 1. The normalized spacial score (nSPS) is 10.8. The maximum absolute atomic E-state index is 11.5. The Kier molecular flexibility index (Phi) is 4.25. The van der Waals surface area contributed by atoms with Gasteiger partial charge in [-0.3, -0.25) is 10.0 Å². The fourth-order valence-corrected chi connectivity index (χ4v) is 3.24. The van der Waals surface area contributed by atoms with Crippen LogP contribution in [-0.4, -0.2) is 15.7 Å². The molecule has 0 radical (unpaired) electrons. The van der Waals surface area contributed by atoms with Gasteiger partial charge in [-0.2, -0.15) is 0 Å². The largest absolute Gasteiger partial charge is 0.336 e. The third kappa shape index (κ3) is 2.98. The summed E-state index contributed by atoms with van der Waals surface area (Å²) in [4.78, 5) is 11.5. The number of carbonyl (C=O) groups excluding carboxylic acids is 1. The van der Waals surface area contributed by atoms with Crippen LogP contribution in [-0.2, 0) is 6.54 Å². The molecular formula is C22H18N2O2. The average molecular weight is 342 g/mol. The second-order valence-electron chi connectivity index (χ2n) is 6.18. The molecule has 0 unspecified atom stereocenters. The fourth-order valence-electron chi connectivity index (χ4n) is 3.24. The average Bonchev–Trinajstić information content (AvgIpc) is 3.07. The molecule has 0 saturated carbocycles. The van der Waals surface area contributed by atoms with E-state index in [9.17, 15) is 4.79 Å². The maximum atomic E-state index is 11.5. The topological polar surface area (TPSA) is 54.3 Å². The van der Waals surface area contributed by atoms with Crippen molar-refractivity contribution in [2.45, 2.75) is 6.54 Å². The lowest BCUT2D eigenvalue weighted by Crippen LogP contribution is -2.18. The molecule has 0 bridgehead atoms. The van der Waals surface area contributed by atoms with E-state index in [-0.39, 0.29) is 0 Å². The first-order chi connectivity index (χ1) is 12.8. The van der Waals surface area contributed by atoms with Crippen molar-refractivity contribution in [3.63, 3.8) is 0 Å². The predicted octanol–water partition coefficient (Wildman–Crippen LogP) is 4.48. The summed E-state index contributed by atoms with van der Waals surface area (Å²) in [6, 6.07) is 28.1. The minimum Gasteiger partial charge on any atom is -0.336 e. The van der Waals surface area contributed by atoms with Crippen molar-refractivity contribution in [2.75, 3.05) is 0 Å². The molecule has 0 aliphatic carbocycles. The summed E-state index contributed by atoms with van der Waals surface area (Å²) in [5, 5.41) is 9.94. The molecule has 1 aromatic heterocycles. The molecule has 4 rings (SSSR count). The summed E-state index contributed by atoms with van der Waals surface area (Å²) in [6.07, 6.45) is 0. The van der Waals surface area contributed by atoms with E-state index in [0.29, 0.717) is 12.1 Å². The van der Waals surface area contributed by atoms with Crippen LogP contribution in [0.3, 0.4) is 0 Å². The quantitative estimate of drug-likeness (QED) is 0.424. The van der Waals surface area contributed by atoms with Crippen molar-refractivity contribution in [3.8, 4) is 11.3 Å². The first kappa shape index (κ1) is 16.1. The van der Waals surface area contributed by atoms with Gasteiger partial charge >= 0.3 is 0 Å². The van der Waals surface area contributed by atoms with E-state index in [1.807, 2.05) is 42.5 Å². The predicted molar refractivity (Wildman–Crippen MR) is 102 cm³/mol. The lowest BCUT2D eigenvalue weighted by Gasteiger charge is -2.12. The van der Waals surface area contributed by atoms with Crippen molar-refractivity contribution in [1.82, 2.24) is 10.0 Å². The van der Waals surface area contributed by atoms with Crippen LogP contribution in [0.5, 0.6) is 0 Å². The Hall–Kier alpha value is -3.37. The molecule has 0 aliphatic rings. The van der Waals surface area contributed by atoms with E-state index >= 15 is 0 Å². The van der Waals surface area contributed by atoms with Crippen LogP contribution in [0, 0.1) is 0 Å². The highest BCUT2D eigenvalue weighted by Gasteiger charge is 2.11. The Bertz CT molecular complexity index is 1050. The number of rotatable bonds is 4. The number of hydrogen-bond donors (Lipinski definition) is 2. The molecule has 3 aromatic carbocycles. The number of aromatic nitrogens is 1. The number of hydrogen-bond acceptors (Lipinski definition) is 2. The van der Waals surface area contributed by atoms with Gasteiger partial charge in [0.1, 0.15) is 0 Å². The third-order valence-electron chi connectivity index (χ3n) is 4.54. The number of benzene rings is 3. The minimum absolute atomic E-state index is 0.428. The number of nitrogens with one attached hydrogen (secondary N) is 1. The number of fused-ring (bicyclic) bond motifs is 1. The van der Waals surface area contributed by atoms with Gasteiger partial charge in [-0.25, -0.2) is 5.48 Å². The summed E-state index contributed by atoms with van der Waals surface area (Å²) in [7, 11) is 0. The molecule has 0 fully saturated rings. The second kappa shape index (κ2) is 6.86. The molecule has 1 heterocycles. The van der Waals surface area contributed by atoms with Gasteiger partial charge in [0.25, 0.3) is 5.91 Å². The van der Waals surface area contributed by atoms with Gasteiger partial charge in [0.2, 0.25) is 0 Å². The zero-order chi connectivity index (χ0) is 17.9. The summed E-state index contributed by atoms with van der Waals surface area (Å²) < 4.78 is 2.28. The molecule has 4 aromatic rings. The number of nitrogens with zero attached hydrogens (tertiary/aromatic N) is 1. The highest BCUT2D eigenvalue weighted by Crippen LogP contribution is 2.29. The molecule has 0 spiro atoms. The molecule has 1 amide bonds. The Morgan fingerprint density at radius 3 is 2.31 bits per heavy atom. The summed E-state index contributed by atoms with van der Waals surface area (Å²) in [5.41, 5.74) is 6.66. The van der Waals surface area contributed by atoms with Crippen molar-refractivity contribution in [2.24, 2.45) is 0 Å². The summed E-state index contributed by atoms with van der Waals surface area (Å²) in [6.45, 7) is 0.693.